The highest BCUT2D eigenvalue weighted by Crippen LogP contribution is 2.32. The van der Waals surface area contributed by atoms with Crippen LogP contribution in [0.5, 0.6) is 0 Å². The number of carbonyl (C=O) groups is 2. The maximum Gasteiger partial charge on any atom is 0.356 e. The predicted molar refractivity (Wildman–Crippen MR) is 94.5 cm³/mol. The van der Waals surface area contributed by atoms with Crippen LogP contribution in [0, 0.1) is 0 Å². The minimum Gasteiger partial charge on any atom is -0.476 e. The van der Waals surface area contributed by atoms with E-state index in [4.69, 9.17) is 5.11 Å². The Morgan fingerprint density at radius 3 is 2.04 bits per heavy atom. The third-order valence-corrected chi connectivity index (χ3v) is 5.77. The summed E-state index contributed by atoms with van der Waals surface area (Å²) >= 11 is 0. The number of amides is 1. The van der Waals surface area contributed by atoms with Gasteiger partial charge in [0.05, 0.1) is 0 Å². The number of hydrogen-bond donors (Lipinski definition) is 1. The Hall–Kier alpha value is -1.85. The van der Waals surface area contributed by atoms with Gasteiger partial charge in [-0.05, 0) is 38.7 Å². The molecule has 0 aromatic carbocycles. The van der Waals surface area contributed by atoms with Gasteiger partial charge in [-0.15, -0.1) is 0 Å². The van der Waals surface area contributed by atoms with Crippen molar-refractivity contribution in [2.75, 3.05) is 0 Å². The molecule has 0 radical (unpaired) electrons. The van der Waals surface area contributed by atoms with Crippen molar-refractivity contribution in [1.29, 1.82) is 0 Å². The standard InChI is InChI=1S/C19H29N3O3/c1-14(21-13-12-17(20-21)19(24)25)18(23)22(15-8-4-2-5-9-15)16-10-6-3-7-11-16/h12-16H,2-11H2,1H3,(H,24,25). The summed E-state index contributed by atoms with van der Waals surface area (Å²) in [6, 6.07) is 1.66. The summed E-state index contributed by atoms with van der Waals surface area (Å²) in [5.41, 5.74) is -0.0125. The number of hydrogen-bond acceptors (Lipinski definition) is 3. The van der Waals surface area contributed by atoms with Crippen LogP contribution in [0.15, 0.2) is 12.3 Å². The molecule has 1 aromatic rings. The second kappa shape index (κ2) is 8.02. The van der Waals surface area contributed by atoms with Gasteiger partial charge in [-0.3, -0.25) is 9.48 Å². The second-order valence-corrected chi connectivity index (χ2v) is 7.49. The van der Waals surface area contributed by atoms with Crippen LogP contribution in [0.1, 0.15) is 87.7 Å². The summed E-state index contributed by atoms with van der Waals surface area (Å²) in [7, 11) is 0. The van der Waals surface area contributed by atoms with Crippen LogP contribution >= 0.6 is 0 Å². The van der Waals surface area contributed by atoms with Gasteiger partial charge < -0.3 is 10.0 Å². The van der Waals surface area contributed by atoms with Gasteiger partial charge >= 0.3 is 5.97 Å². The van der Waals surface area contributed by atoms with Crippen molar-refractivity contribution in [3.05, 3.63) is 18.0 Å². The fraction of sp³-hybridized carbons (Fsp3) is 0.737. The first-order valence-corrected chi connectivity index (χ1v) is 9.68. The van der Waals surface area contributed by atoms with Crippen LogP contribution in [0.4, 0.5) is 0 Å². The Balaban J connectivity index is 1.79. The molecule has 1 N–H and O–H groups in total. The Bertz CT molecular complexity index is 583. The van der Waals surface area contributed by atoms with E-state index in [0.717, 1.165) is 25.7 Å². The molecule has 1 aromatic heterocycles. The lowest BCUT2D eigenvalue weighted by molar-refractivity contribution is -0.141. The summed E-state index contributed by atoms with van der Waals surface area (Å²) in [4.78, 5) is 26.6. The van der Waals surface area contributed by atoms with Crippen LogP contribution < -0.4 is 0 Å². The quantitative estimate of drug-likeness (QED) is 0.882. The van der Waals surface area contributed by atoms with E-state index in [1.54, 1.807) is 6.20 Å². The van der Waals surface area contributed by atoms with Gasteiger partial charge in [0.25, 0.3) is 0 Å². The largest absolute Gasteiger partial charge is 0.476 e. The number of aromatic carboxylic acids is 1. The predicted octanol–water partition coefficient (Wildman–Crippen LogP) is 3.64. The van der Waals surface area contributed by atoms with E-state index in [-0.39, 0.29) is 11.6 Å². The summed E-state index contributed by atoms with van der Waals surface area (Å²) in [6.07, 6.45) is 13.3. The number of carboxylic acid groups (broad SMARTS) is 1. The smallest absolute Gasteiger partial charge is 0.356 e. The lowest BCUT2D eigenvalue weighted by Gasteiger charge is -2.43. The van der Waals surface area contributed by atoms with E-state index in [1.165, 1.54) is 49.3 Å². The minimum atomic E-state index is -1.06. The average Bonchev–Trinajstić information content (AvgIpc) is 3.13. The molecule has 1 unspecified atom stereocenters. The zero-order valence-corrected chi connectivity index (χ0v) is 15.1. The average molecular weight is 347 g/mol. The first-order chi connectivity index (χ1) is 12.1. The van der Waals surface area contributed by atoms with Crippen molar-refractivity contribution in [2.24, 2.45) is 0 Å². The van der Waals surface area contributed by atoms with E-state index in [0.29, 0.717) is 12.1 Å². The third-order valence-electron chi connectivity index (χ3n) is 5.77. The molecule has 2 fully saturated rings. The van der Waals surface area contributed by atoms with Gasteiger partial charge in [0.2, 0.25) is 5.91 Å². The van der Waals surface area contributed by atoms with Gasteiger partial charge in [0, 0.05) is 18.3 Å². The molecular weight excluding hydrogens is 318 g/mol. The van der Waals surface area contributed by atoms with Crippen molar-refractivity contribution < 1.29 is 14.7 Å². The van der Waals surface area contributed by atoms with Crippen LogP contribution in [-0.2, 0) is 4.79 Å². The van der Waals surface area contributed by atoms with E-state index in [9.17, 15) is 9.59 Å². The lowest BCUT2D eigenvalue weighted by Crippen LogP contribution is -2.51. The van der Waals surface area contributed by atoms with Crippen molar-refractivity contribution >= 4 is 11.9 Å². The van der Waals surface area contributed by atoms with Gasteiger partial charge in [0.15, 0.2) is 5.69 Å². The van der Waals surface area contributed by atoms with Gasteiger partial charge in [-0.25, -0.2) is 4.79 Å². The van der Waals surface area contributed by atoms with Gasteiger partial charge in [-0.2, -0.15) is 5.10 Å². The van der Waals surface area contributed by atoms with Crippen molar-refractivity contribution in [2.45, 2.75) is 89.3 Å². The van der Waals surface area contributed by atoms with Crippen LogP contribution in [0.2, 0.25) is 0 Å². The molecule has 0 aliphatic heterocycles. The Kier molecular flexibility index (Phi) is 5.76. The normalized spacial score (nSPS) is 21.0. The first kappa shape index (κ1) is 18.0. The fourth-order valence-electron chi connectivity index (χ4n) is 4.37. The Morgan fingerprint density at radius 1 is 1.08 bits per heavy atom. The maximum absolute atomic E-state index is 13.3. The zero-order chi connectivity index (χ0) is 17.8. The molecule has 1 heterocycles. The van der Waals surface area contributed by atoms with Gasteiger partial charge in [-0.1, -0.05) is 38.5 Å². The van der Waals surface area contributed by atoms with Crippen LogP contribution in [0.25, 0.3) is 0 Å². The van der Waals surface area contributed by atoms with Crippen LogP contribution in [-0.4, -0.2) is 43.7 Å². The zero-order valence-electron chi connectivity index (χ0n) is 15.1. The molecule has 0 bridgehead atoms. The lowest BCUT2D eigenvalue weighted by atomic mass is 9.88. The number of carboxylic acids is 1. The SMILES string of the molecule is CC(C(=O)N(C1CCCCC1)C1CCCCC1)n1ccc(C(=O)O)n1. The highest BCUT2D eigenvalue weighted by Gasteiger charge is 2.35. The number of carbonyl (C=O) groups excluding carboxylic acids is 1. The summed E-state index contributed by atoms with van der Waals surface area (Å²) < 4.78 is 1.50. The van der Waals surface area contributed by atoms with Crippen molar-refractivity contribution in [3.8, 4) is 0 Å². The molecular formula is C19H29N3O3. The monoisotopic (exact) mass is 347 g/mol. The van der Waals surface area contributed by atoms with Gasteiger partial charge in [0.1, 0.15) is 6.04 Å². The summed E-state index contributed by atoms with van der Waals surface area (Å²) in [5, 5.41) is 13.1. The molecule has 0 spiro atoms. The number of nitrogens with zero attached hydrogens (tertiary/aromatic N) is 3. The highest BCUT2D eigenvalue weighted by atomic mass is 16.4. The molecule has 2 saturated carbocycles. The molecule has 0 saturated heterocycles. The van der Waals surface area contributed by atoms with Crippen molar-refractivity contribution in [1.82, 2.24) is 14.7 Å². The molecule has 2 aliphatic rings. The molecule has 1 atom stereocenters. The molecule has 3 rings (SSSR count). The van der Waals surface area contributed by atoms with E-state index < -0.39 is 12.0 Å². The molecule has 138 valence electrons. The second-order valence-electron chi connectivity index (χ2n) is 7.49. The van der Waals surface area contributed by atoms with E-state index in [1.807, 2.05) is 6.92 Å². The fourth-order valence-corrected chi connectivity index (χ4v) is 4.37. The summed E-state index contributed by atoms with van der Waals surface area (Å²) in [5.74, 6) is -0.964. The minimum absolute atomic E-state index is 0.0125. The topological polar surface area (TPSA) is 75.4 Å². The van der Waals surface area contributed by atoms with E-state index in [2.05, 4.69) is 10.00 Å². The van der Waals surface area contributed by atoms with Crippen LogP contribution in [0.3, 0.4) is 0 Å². The molecule has 6 nitrogen and oxygen atoms in total. The molecule has 1 amide bonds. The molecule has 25 heavy (non-hydrogen) atoms. The highest BCUT2D eigenvalue weighted by molar-refractivity contribution is 5.85. The van der Waals surface area contributed by atoms with E-state index >= 15 is 0 Å². The molecule has 2 aliphatic carbocycles. The third kappa shape index (κ3) is 4.05. The first-order valence-electron chi connectivity index (χ1n) is 9.68. The number of rotatable bonds is 5. The number of aromatic nitrogens is 2. The van der Waals surface area contributed by atoms with Crippen molar-refractivity contribution in [3.63, 3.8) is 0 Å². The Labute approximate surface area is 149 Å². The summed E-state index contributed by atoms with van der Waals surface area (Å²) in [6.45, 7) is 1.83. The molecule has 6 heteroatoms. The Morgan fingerprint density at radius 2 is 1.60 bits per heavy atom. The maximum atomic E-state index is 13.3.